The lowest BCUT2D eigenvalue weighted by Crippen LogP contribution is -2.18. The standard InChI is InChI=1S/C10H13N3OS/c1-6(5-14)12-10-13-8-3-2-7(11)4-9(8)15-10/h2-4,6,14H,5,11H2,1H3,(H,12,13). The monoisotopic (exact) mass is 223 g/mol. The van der Waals surface area contributed by atoms with Crippen molar-refractivity contribution in [3.05, 3.63) is 18.2 Å². The third-order valence-electron chi connectivity index (χ3n) is 2.06. The van der Waals surface area contributed by atoms with Crippen molar-refractivity contribution in [1.82, 2.24) is 4.98 Å². The number of nitrogens with one attached hydrogen (secondary N) is 1. The van der Waals surface area contributed by atoms with E-state index >= 15 is 0 Å². The molecule has 0 amide bonds. The van der Waals surface area contributed by atoms with Crippen LogP contribution in [0.1, 0.15) is 6.92 Å². The second kappa shape index (κ2) is 4.04. The lowest BCUT2D eigenvalue weighted by atomic mass is 10.3. The van der Waals surface area contributed by atoms with E-state index < -0.39 is 0 Å². The van der Waals surface area contributed by atoms with Gasteiger partial charge >= 0.3 is 0 Å². The third kappa shape index (κ3) is 2.19. The molecule has 0 aliphatic carbocycles. The fraction of sp³-hybridized carbons (Fsp3) is 0.300. The molecule has 0 fully saturated rings. The highest BCUT2D eigenvalue weighted by atomic mass is 32.1. The summed E-state index contributed by atoms with van der Waals surface area (Å²) in [4.78, 5) is 4.38. The molecular weight excluding hydrogens is 210 g/mol. The van der Waals surface area contributed by atoms with Crippen molar-refractivity contribution in [2.24, 2.45) is 0 Å². The molecule has 1 heterocycles. The highest BCUT2D eigenvalue weighted by Gasteiger charge is 2.06. The minimum absolute atomic E-state index is 0.0166. The summed E-state index contributed by atoms with van der Waals surface area (Å²) >= 11 is 1.54. The Balaban J connectivity index is 2.30. The van der Waals surface area contributed by atoms with E-state index in [-0.39, 0.29) is 12.6 Å². The molecule has 1 unspecified atom stereocenters. The maximum absolute atomic E-state index is 8.91. The predicted octanol–water partition coefficient (Wildman–Crippen LogP) is 1.67. The lowest BCUT2D eigenvalue weighted by Gasteiger charge is -2.07. The zero-order chi connectivity index (χ0) is 10.8. The van der Waals surface area contributed by atoms with Gasteiger partial charge in [0, 0.05) is 11.7 Å². The number of aliphatic hydroxyl groups excluding tert-OH is 1. The van der Waals surface area contributed by atoms with Gasteiger partial charge in [-0.05, 0) is 25.1 Å². The van der Waals surface area contributed by atoms with E-state index in [0.29, 0.717) is 0 Å². The lowest BCUT2D eigenvalue weighted by molar-refractivity contribution is 0.281. The van der Waals surface area contributed by atoms with Crippen molar-refractivity contribution < 1.29 is 5.11 Å². The number of nitrogen functional groups attached to an aromatic ring is 1. The molecule has 0 aliphatic heterocycles. The van der Waals surface area contributed by atoms with Crippen LogP contribution < -0.4 is 11.1 Å². The first kappa shape index (κ1) is 10.2. The molecule has 15 heavy (non-hydrogen) atoms. The number of hydrogen-bond donors (Lipinski definition) is 3. The van der Waals surface area contributed by atoms with Gasteiger partial charge in [-0.15, -0.1) is 0 Å². The normalized spacial score (nSPS) is 12.9. The summed E-state index contributed by atoms with van der Waals surface area (Å²) in [5.74, 6) is 0. The van der Waals surface area contributed by atoms with Gasteiger partial charge in [0.05, 0.1) is 16.8 Å². The molecule has 0 bridgehead atoms. The largest absolute Gasteiger partial charge is 0.399 e. The van der Waals surface area contributed by atoms with Crippen LogP contribution in [0, 0.1) is 0 Å². The number of fused-ring (bicyclic) bond motifs is 1. The quantitative estimate of drug-likeness (QED) is 0.692. The minimum atomic E-state index is 0.0166. The first-order valence-corrected chi connectivity index (χ1v) is 5.54. The minimum Gasteiger partial charge on any atom is -0.399 e. The Morgan fingerprint density at radius 1 is 1.60 bits per heavy atom. The van der Waals surface area contributed by atoms with Gasteiger partial charge in [-0.3, -0.25) is 0 Å². The summed E-state index contributed by atoms with van der Waals surface area (Å²) < 4.78 is 1.06. The number of nitrogens with zero attached hydrogens (tertiary/aromatic N) is 1. The molecule has 1 aromatic heterocycles. The van der Waals surface area contributed by atoms with Crippen LogP contribution in [-0.2, 0) is 0 Å². The first-order chi connectivity index (χ1) is 7.19. The Kier molecular flexibility index (Phi) is 2.75. The zero-order valence-electron chi connectivity index (χ0n) is 8.40. The molecule has 2 aromatic rings. The van der Waals surface area contributed by atoms with E-state index in [4.69, 9.17) is 10.8 Å². The number of aliphatic hydroxyl groups is 1. The van der Waals surface area contributed by atoms with Gasteiger partial charge in [-0.2, -0.15) is 0 Å². The summed E-state index contributed by atoms with van der Waals surface area (Å²) in [5.41, 5.74) is 7.35. The van der Waals surface area contributed by atoms with Gasteiger partial charge < -0.3 is 16.2 Å². The highest BCUT2D eigenvalue weighted by Crippen LogP contribution is 2.27. The Morgan fingerprint density at radius 3 is 3.13 bits per heavy atom. The Hall–Kier alpha value is -1.33. The van der Waals surface area contributed by atoms with E-state index in [9.17, 15) is 0 Å². The van der Waals surface area contributed by atoms with Crippen molar-refractivity contribution in [2.45, 2.75) is 13.0 Å². The smallest absolute Gasteiger partial charge is 0.184 e. The molecule has 0 aliphatic rings. The summed E-state index contributed by atoms with van der Waals surface area (Å²) in [6.07, 6.45) is 0. The SMILES string of the molecule is CC(CO)Nc1nc2ccc(N)cc2s1. The maximum Gasteiger partial charge on any atom is 0.184 e. The van der Waals surface area contributed by atoms with Gasteiger partial charge in [-0.25, -0.2) is 4.98 Å². The molecule has 1 atom stereocenters. The molecule has 2 rings (SSSR count). The van der Waals surface area contributed by atoms with Gasteiger partial charge in [0.25, 0.3) is 0 Å². The molecule has 80 valence electrons. The van der Waals surface area contributed by atoms with E-state index in [1.807, 2.05) is 25.1 Å². The fourth-order valence-electron chi connectivity index (χ4n) is 1.26. The van der Waals surface area contributed by atoms with Crippen LogP contribution in [0.5, 0.6) is 0 Å². The van der Waals surface area contributed by atoms with Crippen LogP contribution in [0.4, 0.5) is 10.8 Å². The third-order valence-corrected chi connectivity index (χ3v) is 3.01. The van der Waals surface area contributed by atoms with E-state index in [1.54, 1.807) is 11.3 Å². The summed E-state index contributed by atoms with van der Waals surface area (Å²) in [5, 5.41) is 12.8. The topological polar surface area (TPSA) is 71.2 Å². The zero-order valence-corrected chi connectivity index (χ0v) is 9.21. The second-order valence-electron chi connectivity index (χ2n) is 3.47. The average Bonchev–Trinajstić information content (AvgIpc) is 2.59. The molecule has 5 heteroatoms. The van der Waals surface area contributed by atoms with Crippen LogP contribution in [-0.4, -0.2) is 22.7 Å². The number of benzene rings is 1. The second-order valence-corrected chi connectivity index (χ2v) is 4.50. The Labute approximate surface area is 91.8 Å². The van der Waals surface area contributed by atoms with E-state index in [2.05, 4.69) is 10.3 Å². The predicted molar refractivity (Wildman–Crippen MR) is 64.2 cm³/mol. The highest BCUT2D eigenvalue weighted by molar-refractivity contribution is 7.22. The average molecular weight is 223 g/mol. The van der Waals surface area contributed by atoms with Gasteiger partial charge in [-0.1, -0.05) is 11.3 Å². The molecule has 4 N–H and O–H groups in total. The van der Waals surface area contributed by atoms with Gasteiger partial charge in [0.2, 0.25) is 0 Å². The van der Waals surface area contributed by atoms with E-state index in [0.717, 1.165) is 21.0 Å². The number of rotatable bonds is 3. The molecule has 4 nitrogen and oxygen atoms in total. The first-order valence-electron chi connectivity index (χ1n) is 4.72. The number of thiazole rings is 1. The molecular formula is C10H13N3OS. The van der Waals surface area contributed by atoms with Crippen molar-refractivity contribution in [1.29, 1.82) is 0 Å². The molecule has 0 spiro atoms. The van der Waals surface area contributed by atoms with Crippen LogP contribution >= 0.6 is 11.3 Å². The Morgan fingerprint density at radius 2 is 2.40 bits per heavy atom. The van der Waals surface area contributed by atoms with Crippen LogP contribution in [0.25, 0.3) is 10.2 Å². The van der Waals surface area contributed by atoms with Crippen molar-refractivity contribution in [3.8, 4) is 0 Å². The maximum atomic E-state index is 8.91. The number of anilines is 2. The Bertz CT molecular complexity index is 469. The number of aromatic nitrogens is 1. The molecule has 0 saturated carbocycles. The van der Waals surface area contributed by atoms with Gasteiger partial charge in [0.1, 0.15) is 0 Å². The molecule has 1 aromatic carbocycles. The fourth-order valence-corrected chi connectivity index (χ4v) is 2.29. The summed E-state index contributed by atoms with van der Waals surface area (Å²) in [7, 11) is 0. The van der Waals surface area contributed by atoms with Crippen molar-refractivity contribution in [2.75, 3.05) is 17.7 Å². The number of hydrogen-bond acceptors (Lipinski definition) is 5. The van der Waals surface area contributed by atoms with Gasteiger partial charge in [0.15, 0.2) is 5.13 Å². The molecule has 0 saturated heterocycles. The van der Waals surface area contributed by atoms with E-state index in [1.165, 1.54) is 0 Å². The molecule has 0 radical (unpaired) electrons. The van der Waals surface area contributed by atoms with Crippen molar-refractivity contribution in [3.63, 3.8) is 0 Å². The number of nitrogens with two attached hydrogens (primary N) is 1. The summed E-state index contributed by atoms with van der Waals surface area (Å²) in [6.45, 7) is 2.00. The van der Waals surface area contributed by atoms with Crippen LogP contribution in [0.15, 0.2) is 18.2 Å². The van der Waals surface area contributed by atoms with Crippen LogP contribution in [0.2, 0.25) is 0 Å². The summed E-state index contributed by atoms with van der Waals surface area (Å²) in [6, 6.07) is 5.65. The van der Waals surface area contributed by atoms with Crippen molar-refractivity contribution >= 4 is 32.4 Å². The van der Waals surface area contributed by atoms with Crippen LogP contribution in [0.3, 0.4) is 0 Å².